The lowest BCUT2D eigenvalue weighted by Crippen LogP contribution is -2.16. The highest BCUT2D eigenvalue weighted by Crippen LogP contribution is 2.36. The Bertz CT molecular complexity index is 1590. The van der Waals surface area contributed by atoms with E-state index in [0.717, 1.165) is 24.3 Å². The number of halogens is 8. The first kappa shape index (κ1) is 32.4. The van der Waals surface area contributed by atoms with Gasteiger partial charge in [0.15, 0.2) is 11.6 Å². The number of rotatable bonds is 6. The predicted octanol–water partition coefficient (Wildman–Crippen LogP) is 7.75. The zero-order chi connectivity index (χ0) is 31.2. The molecule has 14 heteroatoms. The third-order valence-electron chi connectivity index (χ3n) is 5.68. The summed E-state index contributed by atoms with van der Waals surface area (Å²) in [4.78, 5) is 24.4. The van der Waals surface area contributed by atoms with Gasteiger partial charge in [-0.3, -0.25) is 21.3 Å². The van der Waals surface area contributed by atoms with E-state index in [-0.39, 0.29) is 33.6 Å². The average molecular weight is 629 g/mol. The van der Waals surface area contributed by atoms with E-state index in [2.05, 4.69) is 0 Å². The number of hydrogen-bond donors (Lipinski definition) is 4. The van der Waals surface area contributed by atoms with Crippen LogP contribution in [0.5, 0.6) is 0 Å². The first-order chi connectivity index (χ1) is 19.6. The second kappa shape index (κ2) is 13.3. The smallest absolute Gasteiger partial charge is 0.324 e. The first-order valence-corrected chi connectivity index (χ1v) is 12.4. The fraction of sp³-hybridized carbons (Fsp3) is 0.0714. The number of anilines is 2. The Morgan fingerprint density at radius 2 is 0.952 bits per heavy atom. The number of nitrogens with two attached hydrogens (primary N) is 2. The van der Waals surface area contributed by atoms with Crippen molar-refractivity contribution in [2.24, 2.45) is 11.7 Å². The molecular formula is C28H20Cl2F6N4O2. The maximum Gasteiger partial charge on any atom is 0.418 e. The van der Waals surface area contributed by atoms with E-state index < -0.39 is 35.0 Å². The number of ketones is 2. The molecule has 0 aliphatic rings. The van der Waals surface area contributed by atoms with Gasteiger partial charge in [0.2, 0.25) is 0 Å². The summed E-state index contributed by atoms with van der Waals surface area (Å²) < 4.78 is 77.5. The molecule has 4 rings (SSSR count). The number of benzene rings is 4. The molecule has 0 radical (unpaired) electrons. The fourth-order valence-corrected chi connectivity index (χ4v) is 3.97. The number of carbonyl (C=O) groups excluding carboxylic acids is 2. The molecule has 6 N–H and O–H groups in total. The molecule has 0 aliphatic heterocycles. The first-order valence-electron chi connectivity index (χ1n) is 11.6. The Kier molecular flexibility index (Phi) is 10.2. The molecule has 0 spiro atoms. The van der Waals surface area contributed by atoms with Crippen molar-refractivity contribution in [3.63, 3.8) is 0 Å². The van der Waals surface area contributed by atoms with Gasteiger partial charge in [0.1, 0.15) is 0 Å². The molecule has 4 aromatic carbocycles. The van der Waals surface area contributed by atoms with E-state index in [4.69, 9.17) is 34.9 Å². The maximum absolute atomic E-state index is 12.9. The van der Waals surface area contributed by atoms with E-state index in [1.165, 1.54) is 48.5 Å². The average Bonchev–Trinajstić information content (AvgIpc) is 2.95. The second-order valence-electron chi connectivity index (χ2n) is 8.48. The van der Waals surface area contributed by atoms with Gasteiger partial charge < -0.3 is 10.9 Å². The highest BCUT2D eigenvalue weighted by molar-refractivity contribution is 6.31. The van der Waals surface area contributed by atoms with Crippen LogP contribution in [0, 0.1) is 0 Å². The minimum Gasteiger partial charge on any atom is -0.324 e. The van der Waals surface area contributed by atoms with Crippen molar-refractivity contribution >= 4 is 46.1 Å². The van der Waals surface area contributed by atoms with Gasteiger partial charge in [-0.25, -0.2) is 0 Å². The maximum atomic E-state index is 12.9. The van der Waals surface area contributed by atoms with Crippen LogP contribution in [0.1, 0.15) is 43.0 Å². The summed E-state index contributed by atoms with van der Waals surface area (Å²) in [6, 6.07) is 18.2. The molecule has 0 unspecified atom stereocenters. The summed E-state index contributed by atoms with van der Waals surface area (Å²) in [6.45, 7) is 0. The van der Waals surface area contributed by atoms with Crippen LogP contribution in [0.3, 0.4) is 0 Å². The quantitative estimate of drug-likeness (QED) is 0.0752. The molecule has 0 saturated heterocycles. The van der Waals surface area contributed by atoms with Crippen molar-refractivity contribution in [2.45, 2.75) is 12.4 Å². The lowest BCUT2D eigenvalue weighted by molar-refractivity contribution is -0.137. The summed E-state index contributed by atoms with van der Waals surface area (Å²) in [6.07, 6.45) is -9.23. The fourth-order valence-electron chi connectivity index (χ4n) is 3.66. The van der Waals surface area contributed by atoms with Crippen LogP contribution in [0.2, 0.25) is 10.0 Å². The summed E-state index contributed by atoms with van der Waals surface area (Å²) in [5.74, 6) is 9.03. The molecule has 0 atom stereocenters. The van der Waals surface area contributed by atoms with E-state index in [1.54, 1.807) is 12.1 Å². The molecule has 0 saturated carbocycles. The van der Waals surface area contributed by atoms with Crippen LogP contribution in [0.4, 0.5) is 37.7 Å². The number of nitrogen functional groups attached to an aromatic ring is 2. The van der Waals surface area contributed by atoms with Crippen molar-refractivity contribution < 1.29 is 35.9 Å². The number of nitrogens with one attached hydrogen (secondary N) is 2. The van der Waals surface area contributed by atoms with Crippen LogP contribution in [0.25, 0.3) is 0 Å². The minimum atomic E-state index is -4.62. The molecule has 0 bridgehead atoms. The number of carbonyl (C=O) groups is 2. The van der Waals surface area contributed by atoms with Crippen molar-refractivity contribution in [1.82, 2.24) is 0 Å². The van der Waals surface area contributed by atoms with Gasteiger partial charge in [-0.05, 0) is 72.8 Å². The third-order valence-corrected chi connectivity index (χ3v) is 6.17. The van der Waals surface area contributed by atoms with Gasteiger partial charge in [0.05, 0.1) is 22.5 Å². The molecule has 0 heterocycles. The summed E-state index contributed by atoms with van der Waals surface area (Å²) in [5, 5.41) is 0.766. The van der Waals surface area contributed by atoms with E-state index in [9.17, 15) is 35.9 Å². The van der Waals surface area contributed by atoms with Crippen LogP contribution < -0.4 is 22.5 Å². The van der Waals surface area contributed by atoms with Gasteiger partial charge in [-0.1, -0.05) is 35.3 Å². The summed E-state index contributed by atoms with van der Waals surface area (Å²) >= 11 is 11.5. The normalized spacial score (nSPS) is 11.3. The Morgan fingerprint density at radius 3 is 1.36 bits per heavy atom. The number of hydrazine groups is 2. The van der Waals surface area contributed by atoms with Crippen LogP contribution >= 0.6 is 23.2 Å². The predicted molar refractivity (Wildman–Crippen MR) is 148 cm³/mol. The largest absolute Gasteiger partial charge is 0.418 e. The number of alkyl halides is 6. The van der Waals surface area contributed by atoms with Crippen LogP contribution in [-0.2, 0) is 12.4 Å². The highest BCUT2D eigenvalue weighted by Gasteiger charge is 2.35. The Labute approximate surface area is 245 Å². The third kappa shape index (κ3) is 8.01. The summed E-state index contributed by atoms with van der Waals surface area (Å²) in [5.41, 5.74) is 1.63. The van der Waals surface area contributed by atoms with Gasteiger partial charge in [0.25, 0.3) is 0 Å². The zero-order valence-corrected chi connectivity index (χ0v) is 22.6. The highest BCUT2D eigenvalue weighted by atomic mass is 35.5. The van der Waals surface area contributed by atoms with Gasteiger partial charge in [0, 0.05) is 32.3 Å². The molecule has 42 heavy (non-hydrogen) atoms. The van der Waals surface area contributed by atoms with Gasteiger partial charge >= 0.3 is 12.4 Å². The topological polar surface area (TPSA) is 110 Å². The van der Waals surface area contributed by atoms with Crippen molar-refractivity contribution in [1.29, 1.82) is 0 Å². The van der Waals surface area contributed by atoms with Crippen molar-refractivity contribution in [3.05, 3.63) is 128 Å². The second-order valence-corrected chi connectivity index (χ2v) is 9.35. The molecule has 220 valence electrons. The van der Waals surface area contributed by atoms with E-state index in [0.29, 0.717) is 10.0 Å². The Morgan fingerprint density at radius 1 is 0.548 bits per heavy atom. The van der Waals surface area contributed by atoms with E-state index in [1.807, 2.05) is 10.9 Å². The summed E-state index contributed by atoms with van der Waals surface area (Å²) in [7, 11) is 0. The molecule has 0 aromatic heterocycles. The van der Waals surface area contributed by atoms with Crippen LogP contribution in [0.15, 0.2) is 84.9 Å². The standard InChI is InChI=1S/2C14H10ClF3N2O/c15-10-4-1-8(2-5-10)13(21)9-3-6-12(20-19)11(7-9)14(16,17)18;15-10-3-1-2-8(6-10)13(21)9-4-5-12(20-19)11(7-9)14(16,17)18/h2*1-7,20H,19H2. The monoisotopic (exact) mass is 628 g/mol. The lowest BCUT2D eigenvalue weighted by Gasteiger charge is -2.13. The molecular weight excluding hydrogens is 609 g/mol. The SMILES string of the molecule is NNc1ccc(C(=O)c2ccc(Cl)cc2)cc1C(F)(F)F.NNc1ccc(C(=O)c2cccc(Cl)c2)cc1C(F)(F)F. The van der Waals surface area contributed by atoms with Gasteiger partial charge in [-0.15, -0.1) is 0 Å². The molecule has 0 aliphatic carbocycles. The zero-order valence-electron chi connectivity index (χ0n) is 21.1. The molecule has 0 amide bonds. The van der Waals surface area contributed by atoms with Gasteiger partial charge in [-0.2, -0.15) is 26.3 Å². The van der Waals surface area contributed by atoms with Crippen molar-refractivity contribution in [2.75, 3.05) is 10.9 Å². The lowest BCUT2D eigenvalue weighted by atomic mass is 10.00. The Hall–Kier alpha value is -4.10. The molecule has 6 nitrogen and oxygen atoms in total. The minimum absolute atomic E-state index is 0.0800. The van der Waals surface area contributed by atoms with Crippen LogP contribution in [-0.4, -0.2) is 11.6 Å². The molecule has 0 fully saturated rings. The molecule has 4 aromatic rings. The Balaban J connectivity index is 0.000000230. The van der Waals surface area contributed by atoms with E-state index >= 15 is 0 Å². The van der Waals surface area contributed by atoms with Crippen molar-refractivity contribution in [3.8, 4) is 0 Å². The number of hydrogen-bond acceptors (Lipinski definition) is 6.